The molecule has 0 spiro atoms. The van der Waals surface area contributed by atoms with Crippen LogP contribution in [0.15, 0.2) is 24.3 Å². The van der Waals surface area contributed by atoms with E-state index in [1.54, 1.807) is 0 Å². The monoisotopic (exact) mass is 263 g/mol. The predicted molar refractivity (Wildman–Crippen MR) is 81.3 cm³/mol. The van der Waals surface area contributed by atoms with Crippen LogP contribution in [0.5, 0.6) is 0 Å². The predicted octanol–water partition coefficient (Wildman–Crippen LogP) is 1.85. The first-order chi connectivity index (χ1) is 8.61. The fraction of sp³-hybridized carbons (Fsp3) is 0.500. The molecule has 3 nitrogen and oxygen atoms in total. The maximum Gasteiger partial charge on any atom is 0.103 e. The molecular formula is C14H21N3S. The van der Waals surface area contributed by atoms with Crippen LogP contribution < -0.4 is 10.6 Å². The summed E-state index contributed by atoms with van der Waals surface area (Å²) in [7, 11) is 0. The van der Waals surface area contributed by atoms with E-state index in [2.05, 4.69) is 35.8 Å². The highest BCUT2D eigenvalue weighted by Crippen LogP contribution is 2.19. The Kier molecular flexibility index (Phi) is 4.19. The zero-order valence-electron chi connectivity index (χ0n) is 11.1. The minimum absolute atomic E-state index is 0.464. The zero-order chi connectivity index (χ0) is 13.1. The van der Waals surface area contributed by atoms with E-state index < -0.39 is 0 Å². The van der Waals surface area contributed by atoms with Crippen molar-refractivity contribution in [3.8, 4) is 0 Å². The van der Waals surface area contributed by atoms with Crippen molar-refractivity contribution in [2.45, 2.75) is 19.9 Å². The standard InChI is InChI=1S/C14H21N3S/c1-3-16-8-9-17(10-11(16)2)13-6-4-12(5-7-13)14(15)18/h4-7,11H,3,8-10H2,1-2H3,(H2,15,18). The molecule has 0 amide bonds. The second-order valence-electron chi connectivity index (χ2n) is 4.83. The molecule has 1 aromatic carbocycles. The third-order valence-corrected chi connectivity index (χ3v) is 3.92. The second kappa shape index (κ2) is 5.67. The van der Waals surface area contributed by atoms with Gasteiger partial charge in [-0.25, -0.2) is 0 Å². The summed E-state index contributed by atoms with van der Waals surface area (Å²) in [4.78, 5) is 5.41. The molecule has 18 heavy (non-hydrogen) atoms. The number of likely N-dealkylation sites (N-methyl/N-ethyl adjacent to an activating group) is 1. The first-order valence-electron chi connectivity index (χ1n) is 6.50. The van der Waals surface area contributed by atoms with Gasteiger partial charge >= 0.3 is 0 Å². The molecule has 1 saturated heterocycles. The van der Waals surface area contributed by atoms with Crippen molar-refractivity contribution in [2.24, 2.45) is 5.73 Å². The van der Waals surface area contributed by atoms with Gasteiger partial charge in [0.2, 0.25) is 0 Å². The third kappa shape index (κ3) is 2.82. The number of anilines is 1. The lowest BCUT2D eigenvalue weighted by molar-refractivity contribution is 0.199. The third-order valence-electron chi connectivity index (χ3n) is 3.69. The van der Waals surface area contributed by atoms with Crippen LogP contribution in [-0.4, -0.2) is 42.1 Å². The van der Waals surface area contributed by atoms with E-state index in [9.17, 15) is 0 Å². The van der Waals surface area contributed by atoms with Crippen LogP contribution in [0.4, 0.5) is 5.69 Å². The van der Waals surface area contributed by atoms with Crippen LogP contribution >= 0.6 is 12.2 Å². The average Bonchev–Trinajstić information content (AvgIpc) is 2.38. The summed E-state index contributed by atoms with van der Waals surface area (Å²) in [6.07, 6.45) is 0. The van der Waals surface area contributed by atoms with Gasteiger partial charge in [0.15, 0.2) is 0 Å². The Balaban J connectivity index is 2.06. The fourth-order valence-corrected chi connectivity index (χ4v) is 2.67. The fourth-order valence-electron chi connectivity index (χ4n) is 2.54. The van der Waals surface area contributed by atoms with Crippen molar-refractivity contribution in [2.75, 3.05) is 31.1 Å². The van der Waals surface area contributed by atoms with Crippen LogP contribution in [0.1, 0.15) is 19.4 Å². The van der Waals surface area contributed by atoms with Gasteiger partial charge in [0.25, 0.3) is 0 Å². The summed E-state index contributed by atoms with van der Waals surface area (Å²) < 4.78 is 0. The van der Waals surface area contributed by atoms with Gasteiger partial charge in [-0.2, -0.15) is 0 Å². The van der Waals surface area contributed by atoms with Crippen LogP contribution in [-0.2, 0) is 0 Å². The number of thiocarbonyl (C=S) groups is 1. The highest BCUT2D eigenvalue weighted by Gasteiger charge is 2.22. The molecule has 0 saturated carbocycles. The maximum atomic E-state index is 5.61. The first-order valence-corrected chi connectivity index (χ1v) is 6.91. The lowest BCUT2D eigenvalue weighted by atomic mass is 10.1. The van der Waals surface area contributed by atoms with Gasteiger partial charge < -0.3 is 10.6 Å². The number of nitrogens with zero attached hydrogens (tertiary/aromatic N) is 2. The van der Waals surface area contributed by atoms with Crippen molar-refractivity contribution in [3.63, 3.8) is 0 Å². The number of rotatable bonds is 3. The summed E-state index contributed by atoms with van der Waals surface area (Å²) >= 11 is 4.97. The lowest BCUT2D eigenvalue weighted by Crippen LogP contribution is -2.51. The number of piperazine rings is 1. The highest BCUT2D eigenvalue weighted by molar-refractivity contribution is 7.80. The quantitative estimate of drug-likeness (QED) is 0.844. The summed E-state index contributed by atoms with van der Waals surface area (Å²) in [5.74, 6) is 0. The Hall–Kier alpha value is -1.13. The molecule has 98 valence electrons. The van der Waals surface area contributed by atoms with E-state index in [1.165, 1.54) is 5.69 Å². The molecule has 0 aromatic heterocycles. The van der Waals surface area contributed by atoms with Crippen molar-refractivity contribution in [1.29, 1.82) is 0 Å². The minimum Gasteiger partial charge on any atom is -0.389 e. The van der Waals surface area contributed by atoms with E-state index in [0.717, 1.165) is 31.7 Å². The maximum absolute atomic E-state index is 5.61. The van der Waals surface area contributed by atoms with E-state index in [-0.39, 0.29) is 0 Å². The molecule has 2 N–H and O–H groups in total. The van der Waals surface area contributed by atoms with Gasteiger partial charge in [0.1, 0.15) is 4.99 Å². The lowest BCUT2D eigenvalue weighted by Gasteiger charge is -2.40. The van der Waals surface area contributed by atoms with Crippen molar-refractivity contribution < 1.29 is 0 Å². The van der Waals surface area contributed by atoms with Crippen molar-refractivity contribution in [3.05, 3.63) is 29.8 Å². The van der Waals surface area contributed by atoms with E-state index in [1.807, 2.05) is 12.1 Å². The molecular weight excluding hydrogens is 242 g/mol. The van der Waals surface area contributed by atoms with Crippen LogP contribution in [0.2, 0.25) is 0 Å². The van der Waals surface area contributed by atoms with Gasteiger partial charge in [-0.1, -0.05) is 19.1 Å². The van der Waals surface area contributed by atoms with Crippen LogP contribution in [0, 0.1) is 0 Å². The second-order valence-corrected chi connectivity index (χ2v) is 5.27. The molecule has 0 bridgehead atoms. The molecule has 4 heteroatoms. The van der Waals surface area contributed by atoms with Crippen molar-refractivity contribution in [1.82, 2.24) is 4.90 Å². The minimum atomic E-state index is 0.464. The first kappa shape index (κ1) is 13.3. The molecule has 1 aliphatic rings. The van der Waals surface area contributed by atoms with Gasteiger partial charge in [0.05, 0.1) is 0 Å². The molecule has 2 rings (SSSR count). The summed E-state index contributed by atoms with van der Waals surface area (Å²) in [5, 5.41) is 0. The number of hydrogen-bond acceptors (Lipinski definition) is 3. The molecule has 0 radical (unpaired) electrons. The highest BCUT2D eigenvalue weighted by atomic mass is 32.1. The van der Waals surface area contributed by atoms with E-state index >= 15 is 0 Å². The molecule has 1 atom stereocenters. The molecule has 1 aromatic rings. The van der Waals surface area contributed by atoms with Gasteiger partial charge in [-0.15, -0.1) is 0 Å². The number of benzene rings is 1. The van der Waals surface area contributed by atoms with Crippen LogP contribution in [0.3, 0.4) is 0 Å². The van der Waals surface area contributed by atoms with Crippen molar-refractivity contribution >= 4 is 22.9 Å². The Labute approximate surface area is 115 Å². The Morgan fingerprint density at radius 1 is 1.33 bits per heavy atom. The molecule has 0 aliphatic carbocycles. The summed E-state index contributed by atoms with van der Waals surface area (Å²) in [5.41, 5.74) is 7.81. The average molecular weight is 263 g/mol. The normalized spacial score (nSPS) is 21.0. The molecule has 1 unspecified atom stereocenters. The smallest absolute Gasteiger partial charge is 0.103 e. The Morgan fingerprint density at radius 3 is 2.50 bits per heavy atom. The summed E-state index contributed by atoms with van der Waals surface area (Å²) in [6, 6.07) is 8.85. The Morgan fingerprint density at radius 2 is 2.00 bits per heavy atom. The van der Waals surface area contributed by atoms with Gasteiger partial charge in [-0.05, 0) is 37.7 Å². The SMILES string of the molecule is CCN1CCN(c2ccc(C(N)=S)cc2)CC1C. The number of hydrogen-bond donors (Lipinski definition) is 1. The van der Waals surface area contributed by atoms with E-state index in [0.29, 0.717) is 11.0 Å². The van der Waals surface area contributed by atoms with Gasteiger partial charge in [0, 0.05) is 36.9 Å². The largest absolute Gasteiger partial charge is 0.389 e. The number of nitrogens with two attached hydrogens (primary N) is 1. The Bertz CT molecular complexity index is 416. The molecule has 1 fully saturated rings. The molecule has 1 heterocycles. The topological polar surface area (TPSA) is 32.5 Å². The molecule has 1 aliphatic heterocycles. The summed E-state index contributed by atoms with van der Waals surface area (Å²) in [6.45, 7) is 8.96. The van der Waals surface area contributed by atoms with Gasteiger partial charge in [-0.3, -0.25) is 4.90 Å². The van der Waals surface area contributed by atoms with E-state index in [4.69, 9.17) is 18.0 Å². The zero-order valence-corrected chi connectivity index (χ0v) is 11.9. The van der Waals surface area contributed by atoms with Crippen LogP contribution in [0.25, 0.3) is 0 Å².